The van der Waals surface area contributed by atoms with Crippen molar-refractivity contribution in [2.24, 2.45) is 0 Å². The van der Waals surface area contributed by atoms with Crippen LogP contribution in [0.5, 0.6) is 0 Å². The Morgan fingerprint density at radius 1 is 1.31 bits per heavy atom. The minimum Gasteiger partial charge on any atom is -0.394 e. The van der Waals surface area contributed by atoms with Crippen molar-refractivity contribution in [1.82, 2.24) is 15.3 Å². The second kappa shape index (κ2) is 14.2. The Morgan fingerprint density at radius 2 is 2.09 bits per heavy atom. The van der Waals surface area contributed by atoms with Crippen molar-refractivity contribution in [3.05, 3.63) is 41.7 Å². The molecule has 1 fully saturated rings. The van der Waals surface area contributed by atoms with Gasteiger partial charge in [-0.2, -0.15) is 0 Å². The molecule has 0 aliphatic carbocycles. The highest BCUT2D eigenvalue weighted by molar-refractivity contribution is 6.04. The monoisotopic (exact) mass is 486 g/mol. The number of amides is 3. The van der Waals surface area contributed by atoms with Gasteiger partial charge in [0.1, 0.15) is 5.82 Å². The molecule has 2 aliphatic rings. The van der Waals surface area contributed by atoms with Crippen molar-refractivity contribution < 1.29 is 19.8 Å². The maximum absolute atomic E-state index is 13.1. The van der Waals surface area contributed by atoms with Gasteiger partial charge in [-0.3, -0.25) is 15.0 Å². The quantitative estimate of drug-likeness (QED) is 0.442. The highest BCUT2D eigenvalue weighted by Crippen LogP contribution is 2.39. The number of aromatic nitrogens is 2. The molecule has 2 bridgehead atoms. The van der Waals surface area contributed by atoms with Gasteiger partial charge in [-0.05, 0) is 62.9 Å². The summed E-state index contributed by atoms with van der Waals surface area (Å²) in [5.74, 6) is 1.17. The molecule has 0 saturated carbocycles. The number of nitrogens with zero attached hydrogens (tertiary/aromatic N) is 4. The average Bonchev–Trinajstić information content (AvgIpc) is 3.29. The van der Waals surface area contributed by atoms with Crippen molar-refractivity contribution in [2.75, 3.05) is 41.4 Å². The number of carbonyl (C=O) groups is 2. The van der Waals surface area contributed by atoms with Crippen LogP contribution >= 0.6 is 0 Å². The van der Waals surface area contributed by atoms with E-state index in [1.807, 2.05) is 45.9 Å². The lowest BCUT2D eigenvalue weighted by atomic mass is 10.1. The van der Waals surface area contributed by atoms with E-state index in [-0.39, 0.29) is 18.7 Å². The molecule has 0 aromatic carbocycles. The van der Waals surface area contributed by atoms with Gasteiger partial charge in [0.2, 0.25) is 6.41 Å². The fourth-order valence-electron chi connectivity index (χ4n) is 3.94. The summed E-state index contributed by atoms with van der Waals surface area (Å²) in [4.78, 5) is 35.3. The minimum atomic E-state index is -0.740. The van der Waals surface area contributed by atoms with Crippen LogP contribution in [-0.4, -0.2) is 71.0 Å². The number of rotatable bonds is 7. The molecule has 3 amide bonds. The summed E-state index contributed by atoms with van der Waals surface area (Å²) < 4.78 is 0. The fourth-order valence-corrected chi connectivity index (χ4v) is 3.94. The Morgan fingerprint density at radius 3 is 2.74 bits per heavy atom. The third kappa shape index (κ3) is 7.63. The first-order valence-corrected chi connectivity index (χ1v) is 12.2. The normalized spacial score (nSPS) is 16.1. The molecule has 2 aromatic heterocycles. The molecule has 4 heterocycles. The van der Waals surface area contributed by atoms with Crippen molar-refractivity contribution >= 4 is 29.8 Å². The van der Waals surface area contributed by atoms with Gasteiger partial charge in [-0.25, -0.2) is 14.8 Å². The SMILES string of the molecule is CC.CCNC=O.Cc1ccc2c(n1)N(C(=O)Nc1cc(CCC(O)CO)ccn1)C1CCN2C1. The van der Waals surface area contributed by atoms with Crippen molar-refractivity contribution in [3.8, 4) is 0 Å². The van der Waals surface area contributed by atoms with Crippen molar-refractivity contribution in [3.63, 3.8) is 0 Å². The highest BCUT2D eigenvalue weighted by Gasteiger charge is 2.40. The second-order valence-electron chi connectivity index (χ2n) is 8.08. The van der Waals surface area contributed by atoms with Crippen LogP contribution in [0.15, 0.2) is 30.5 Å². The van der Waals surface area contributed by atoms with Crippen LogP contribution in [0.4, 0.5) is 22.1 Å². The van der Waals surface area contributed by atoms with Crippen LogP contribution in [0.2, 0.25) is 0 Å². The second-order valence-corrected chi connectivity index (χ2v) is 8.08. The fraction of sp³-hybridized carbons (Fsp3) is 0.520. The number of aliphatic hydroxyl groups excluding tert-OH is 2. The van der Waals surface area contributed by atoms with Gasteiger partial charge in [0.05, 0.1) is 24.4 Å². The van der Waals surface area contributed by atoms with E-state index in [0.29, 0.717) is 30.9 Å². The summed E-state index contributed by atoms with van der Waals surface area (Å²) >= 11 is 0. The zero-order valence-corrected chi connectivity index (χ0v) is 21.1. The van der Waals surface area contributed by atoms with E-state index >= 15 is 0 Å². The van der Waals surface area contributed by atoms with E-state index in [9.17, 15) is 14.7 Å². The zero-order valence-electron chi connectivity index (χ0n) is 21.1. The molecular formula is C25H38N6O4. The van der Waals surface area contributed by atoms with Crippen LogP contribution in [0.3, 0.4) is 0 Å². The summed E-state index contributed by atoms with van der Waals surface area (Å²) in [6.45, 7) is 10.0. The molecule has 192 valence electrons. The first-order chi connectivity index (χ1) is 17.0. The van der Waals surface area contributed by atoms with Crippen LogP contribution < -0.4 is 20.4 Å². The number of urea groups is 1. The number of nitrogens with one attached hydrogen (secondary N) is 2. The molecule has 0 radical (unpaired) electrons. The third-order valence-corrected chi connectivity index (χ3v) is 5.63. The van der Waals surface area contributed by atoms with E-state index in [0.717, 1.165) is 43.0 Å². The lowest BCUT2D eigenvalue weighted by Gasteiger charge is -2.35. The molecule has 10 nitrogen and oxygen atoms in total. The predicted molar refractivity (Wildman–Crippen MR) is 138 cm³/mol. The van der Waals surface area contributed by atoms with Crippen molar-refractivity contribution in [2.45, 2.75) is 59.1 Å². The van der Waals surface area contributed by atoms with Gasteiger partial charge in [0, 0.05) is 31.5 Å². The number of aliphatic hydroxyl groups is 2. The van der Waals surface area contributed by atoms with Gasteiger partial charge in [-0.1, -0.05) is 13.8 Å². The molecule has 2 aromatic rings. The Kier molecular flexibility index (Phi) is 11.4. The van der Waals surface area contributed by atoms with E-state index in [2.05, 4.69) is 25.5 Å². The number of aryl methyl sites for hydroxylation is 2. The molecule has 35 heavy (non-hydrogen) atoms. The maximum atomic E-state index is 13.1. The Hall–Kier alpha value is -3.24. The average molecular weight is 487 g/mol. The molecular weight excluding hydrogens is 448 g/mol. The molecule has 0 spiro atoms. The summed E-state index contributed by atoms with van der Waals surface area (Å²) in [7, 11) is 0. The molecule has 2 atom stereocenters. The van der Waals surface area contributed by atoms with Crippen LogP contribution in [0, 0.1) is 6.92 Å². The number of fused-ring (bicyclic) bond motifs is 4. The number of hydrogen-bond acceptors (Lipinski definition) is 7. The first-order valence-electron chi connectivity index (χ1n) is 12.2. The van der Waals surface area contributed by atoms with Gasteiger partial charge in [0.25, 0.3) is 0 Å². The van der Waals surface area contributed by atoms with E-state index in [1.54, 1.807) is 17.2 Å². The molecule has 2 aliphatic heterocycles. The van der Waals surface area contributed by atoms with Gasteiger partial charge in [-0.15, -0.1) is 0 Å². The summed E-state index contributed by atoms with van der Waals surface area (Å²) in [6, 6.07) is 7.52. The maximum Gasteiger partial charge on any atom is 0.329 e. The molecule has 4 rings (SSSR count). The topological polar surface area (TPSA) is 131 Å². The molecule has 1 saturated heterocycles. The number of hydrogen-bond donors (Lipinski definition) is 4. The Labute approximate surface area is 207 Å². The zero-order chi connectivity index (χ0) is 25.8. The number of anilines is 3. The summed E-state index contributed by atoms with van der Waals surface area (Å²) in [6.07, 6.45) is 3.54. The smallest absolute Gasteiger partial charge is 0.329 e. The van der Waals surface area contributed by atoms with Crippen molar-refractivity contribution in [1.29, 1.82) is 0 Å². The standard InChI is InChI=1S/C20H25N5O3.C3H7NO.C2H6/c1-13-2-5-17-19(22-13)25(15-7-9-24(17)11-15)20(28)23-18-10-14(6-8-21-18)3-4-16(27)12-26;1-2-4-3-5;1-2/h2,5-6,8,10,15-16,26-27H,3-4,7,9,11-12H2,1H3,(H,21,23,28);3H,2H2,1H3,(H,4,5);1-2H3. The van der Waals surface area contributed by atoms with Gasteiger partial charge >= 0.3 is 6.03 Å². The molecule has 4 N–H and O–H groups in total. The van der Waals surface area contributed by atoms with E-state index in [1.165, 1.54) is 0 Å². The molecule has 10 heteroatoms. The van der Waals surface area contributed by atoms with Crippen LogP contribution in [-0.2, 0) is 11.2 Å². The van der Waals surface area contributed by atoms with E-state index < -0.39 is 6.10 Å². The predicted octanol–water partition coefficient (Wildman–Crippen LogP) is 2.48. The molecule has 2 unspecified atom stereocenters. The van der Waals surface area contributed by atoms with Crippen LogP contribution in [0.1, 0.15) is 44.9 Å². The van der Waals surface area contributed by atoms with Crippen LogP contribution in [0.25, 0.3) is 0 Å². The Bertz CT molecular complexity index is 957. The number of pyridine rings is 2. The lowest BCUT2D eigenvalue weighted by molar-refractivity contribution is -0.109. The summed E-state index contributed by atoms with van der Waals surface area (Å²) in [5, 5.41) is 23.8. The minimum absolute atomic E-state index is 0.102. The first kappa shape index (κ1) is 28.0. The lowest BCUT2D eigenvalue weighted by Crippen LogP contribution is -2.48. The number of carbonyl (C=O) groups excluding carboxylic acids is 2. The largest absolute Gasteiger partial charge is 0.394 e. The third-order valence-electron chi connectivity index (χ3n) is 5.63. The van der Waals surface area contributed by atoms with Gasteiger partial charge < -0.3 is 20.4 Å². The summed E-state index contributed by atoms with van der Waals surface area (Å²) in [5.41, 5.74) is 2.81. The Balaban J connectivity index is 0.000000551. The highest BCUT2D eigenvalue weighted by atomic mass is 16.3. The van der Waals surface area contributed by atoms with E-state index in [4.69, 9.17) is 5.11 Å². The van der Waals surface area contributed by atoms with Gasteiger partial charge in [0.15, 0.2) is 5.82 Å².